The van der Waals surface area contributed by atoms with Crippen LogP contribution in [0.1, 0.15) is 33.1 Å². The van der Waals surface area contributed by atoms with Gasteiger partial charge in [0.05, 0.1) is 0 Å². The van der Waals surface area contributed by atoms with E-state index in [9.17, 15) is 8.78 Å². The van der Waals surface area contributed by atoms with Gasteiger partial charge in [-0.3, -0.25) is 0 Å². The van der Waals surface area contributed by atoms with E-state index < -0.39 is 12.3 Å². The van der Waals surface area contributed by atoms with E-state index in [-0.39, 0.29) is 5.92 Å². The smallest absolute Gasteiger partial charge is 0.106 e. The molecular weight excluding hydrogens is 190 g/mol. The van der Waals surface area contributed by atoms with Gasteiger partial charge in [0, 0.05) is 11.7 Å². The van der Waals surface area contributed by atoms with Gasteiger partial charge in [0.25, 0.3) is 0 Å². The largest absolute Gasteiger partial charge is 0.247 e. The van der Waals surface area contributed by atoms with Crippen molar-refractivity contribution in [3.05, 3.63) is 0 Å². The van der Waals surface area contributed by atoms with Crippen molar-refractivity contribution < 1.29 is 8.78 Å². The molecule has 0 spiro atoms. The van der Waals surface area contributed by atoms with Crippen molar-refractivity contribution in [2.24, 2.45) is 5.92 Å². The molecule has 2 unspecified atom stereocenters. The van der Waals surface area contributed by atoms with Crippen LogP contribution in [0.3, 0.4) is 0 Å². The van der Waals surface area contributed by atoms with Crippen LogP contribution < -0.4 is 0 Å². The van der Waals surface area contributed by atoms with Crippen LogP contribution in [0.2, 0.25) is 0 Å². The van der Waals surface area contributed by atoms with Crippen LogP contribution in [-0.4, -0.2) is 23.3 Å². The van der Waals surface area contributed by atoms with Crippen LogP contribution in [0.25, 0.3) is 0 Å². The minimum Gasteiger partial charge on any atom is -0.247 e. The molecule has 1 fully saturated rings. The number of rotatable bonds is 3. The van der Waals surface area contributed by atoms with E-state index in [1.54, 1.807) is 11.8 Å². The summed E-state index contributed by atoms with van der Waals surface area (Å²) in [6.45, 7) is 4.13. The van der Waals surface area contributed by atoms with Crippen LogP contribution in [0, 0.1) is 5.92 Å². The summed E-state index contributed by atoms with van der Waals surface area (Å²) in [5.74, 6) is 0.293. The normalized spacial score (nSPS) is 35.3. The van der Waals surface area contributed by atoms with Gasteiger partial charge in [-0.25, -0.2) is 8.78 Å². The molecule has 0 N–H and O–H groups in total. The number of thioether (sulfide) groups is 1. The van der Waals surface area contributed by atoms with Crippen LogP contribution >= 0.6 is 11.8 Å². The number of hydrogen-bond acceptors (Lipinski definition) is 1. The zero-order valence-electron chi connectivity index (χ0n) is 8.30. The molecule has 1 saturated carbocycles. The topological polar surface area (TPSA) is 0 Å². The number of hydrogen-bond donors (Lipinski definition) is 0. The van der Waals surface area contributed by atoms with Crippen molar-refractivity contribution in [2.75, 3.05) is 5.75 Å². The fourth-order valence-corrected chi connectivity index (χ4v) is 2.70. The molecule has 0 nitrogen and oxygen atoms in total. The Bertz CT molecular complexity index is 140. The summed E-state index contributed by atoms with van der Waals surface area (Å²) < 4.78 is 26.6. The fraction of sp³-hybridized carbons (Fsp3) is 1.00. The van der Waals surface area contributed by atoms with Crippen molar-refractivity contribution in [2.45, 2.75) is 50.7 Å². The lowest BCUT2D eigenvalue weighted by molar-refractivity contribution is 0.0913. The van der Waals surface area contributed by atoms with Gasteiger partial charge in [-0.2, -0.15) is 11.8 Å². The first-order valence-electron chi connectivity index (χ1n) is 5.01. The first-order valence-corrected chi connectivity index (χ1v) is 6.06. The van der Waals surface area contributed by atoms with Gasteiger partial charge in [-0.05, 0) is 24.5 Å². The average Bonchev–Trinajstić information content (AvgIpc) is 2.03. The summed E-state index contributed by atoms with van der Waals surface area (Å²) in [4.78, 5) is 0. The maximum Gasteiger partial charge on any atom is 0.106 e. The third kappa shape index (κ3) is 3.45. The van der Waals surface area contributed by atoms with Crippen LogP contribution in [-0.2, 0) is 0 Å². The molecule has 13 heavy (non-hydrogen) atoms. The zero-order valence-corrected chi connectivity index (χ0v) is 9.12. The second-order valence-corrected chi connectivity index (χ2v) is 5.62. The molecule has 1 rings (SSSR count). The van der Waals surface area contributed by atoms with Gasteiger partial charge in [0.15, 0.2) is 0 Å². The summed E-state index contributed by atoms with van der Waals surface area (Å²) in [5.41, 5.74) is 0. The van der Waals surface area contributed by atoms with E-state index in [0.29, 0.717) is 30.3 Å². The Balaban J connectivity index is 2.35. The van der Waals surface area contributed by atoms with Gasteiger partial charge in [-0.1, -0.05) is 13.8 Å². The third-order valence-corrected chi connectivity index (χ3v) is 3.75. The van der Waals surface area contributed by atoms with Crippen molar-refractivity contribution in [1.29, 1.82) is 0 Å². The van der Waals surface area contributed by atoms with E-state index in [2.05, 4.69) is 13.8 Å². The minimum absolute atomic E-state index is 0.346. The zero-order chi connectivity index (χ0) is 9.84. The highest BCUT2D eigenvalue weighted by Crippen LogP contribution is 2.32. The Labute approximate surface area is 83.5 Å². The molecule has 2 atom stereocenters. The minimum atomic E-state index is -0.907. The molecule has 0 heterocycles. The van der Waals surface area contributed by atoms with E-state index in [4.69, 9.17) is 0 Å². The molecular formula is C10H18F2S. The second kappa shape index (κ2) is 5.18. The van der Waals surface area contributed by atoms with E-state index in [1.165, 1.54) is 0 Å². The van der Waals surface area contributed by atoms with Crippen LogP contribution in [0.5, 0.6) is 0 Å². The maximum absolute atomic E-state index is 13.3. The summed E-state index contributed by atoms with van der Waals surface area (Å²) in [6, 6.07) is 0. The Hall–Kier alpha value is 0.210. The Kier molecular flexibility index (Phi) is 4.50. The van der Waals surface area contributed by atoms with Crippen molar-refractivity contribution in [3.63, 3.8) is 0 Å². The second-order valence-electron chi connectivity index (χ2n) is 4.01. The van der Waals surface area contributed by atoms with Gasteiger partial charge in [0.2, 0.25) is 0 Å². The molecule has 0 aromatic carbocycles. The molecule has 0 aromatic heterocycles. The average molecular weight is 208 g/mol. The molecule has 1 aliphatic carbocycles. The summed E-state index contributed by atoms with van der Waals surface area (Å²) in [5, 5.41) is 0.473. The predicted octanol–water partition coefficient (Wildman–Crippen LogP) is 3.60. The molecule has 78 valence electrons. The summed E-state index contributed by atoms with van der Waals surface area (Å²) in [6.07, 6.45) is 0.0172. The van der Waals surface area contributed by atoms with E-state index in [1.807, 2.05) is 0 Å². The first kappa shape index (κ1) is 11.3. The molecule has 0 aromatic rings. The molecule has 3 heteroatoms. The predicted molar refractivity (Wildman–Crippen MR) is 54.7 cm³/mol. The van der Waals surface area contributed by atoms with Gasteiger partial charge < -0.3 is 0 Å². The number of halogens is 2. The lowest BCUT2D eigenvalue weighted by atomic mass is 9.87. The van der Waals surface area contributed by atoms with Gasteiger partial charge in [0.1, 0.15) is 12.3 Å². The van der Waals surface area contributed by atoms with E-state index >= 15 is 0 Å². The molecule has 0 amide bonds. The lowest BCUT2D eigenvalue weighted by Crippen LogP contribution is -2.33. The fourth-order valence-electron chi connectivity index (χ4n) is 1.67. The molecule has 0 radical (unpaired) electrons. The summed E-state index contributed by atoms with van der Waals surface area (Å²) >= 11 is 1.67. The first-order chi connectivity index (χ1) is 6.11. The standard InChI is InChI=1S/C10H18F2S/c1-7(2)13-6-8-9(11)4-3-5-10(8)12/h7-10H,3-6H2,1-2H3. The molecule has 0 bridgehead atoms. The molecule has 0 aliphatic heterocycles. The Morgan fingerprint density at radius 2 is 1.77 bits per heavy atom. The molecule has 0 saturated heterocycles. The Morgan fingerprint density at radius 1 is 1.23 bits per heavy atom. The molecule has 1 aliphatic rings. The van der Waals surface area contributed by atoms with Crippen molar-refractivity contribution in [1.82, 2.24) is 0 Å². The quantitative estimate of drug-likeness (QED) is 0.683. The van der Waals surface area contributed by atoms with Crippen molar-refractivity contribution in [3.8, 4) is 0 Å². The van der Waals surface area contributed by atoms with Gasteiger partial charge in [-0.15, -0.1) is 0 Å². The maximum atomic E-state index is 13.3. The highest BCUT2D eigenvalue weighted by molar-refractivity contribution is 7.99. The third-order valence-electron chi connectivity index (χ3n) is 2.51. The monoisotopic (exact) mass is 208 g/mol. The SMILES string of the molecule is CC(C)SCC1C(F)CCCC1F. The van der Waals surface area contributed by atoms with E-state index in [0.717, 1.165) is 0 Å². The van der Waals surface area contributed by atoms with Crippen LogP contribution in [0.4, 0.5) is 8.78 Å². The number of alkyl halides is 2. The highest BCUT2D eigenvalue weighted by atomic mass is 32.2. The lowest BCUT2D eigenvalue weighted by Gasteiger charge is -2.29. The Morgan fingerprint density at radius 3 is 2.23 bits per heavy atom. The highest BCUT2D eigenvalue weighted by Gasteiger charge is 2.33. The van der Waals surface area contributed by atoms with Gasteiger partial charge >= 0.3 is 0 Å². The van der Waals surface area contributed by atoms with Crippen molar-refractivity contribution >= 4 is 11.8 Å². The van der Waals surface area contributed by atoms with Crippen LogP contribution in [0.15, 0.2) is 0 Å². The summed E-state index contributed by atoms with van der Waals surface area (Å²) in [7, 11) is 0.